The molecule has 0 saturated carbocycles. The van der Waals surface area contributed by atoms with Crippen molar-refractivity contribution in [2.45, 2.75) is 142 Å². The van der Waals surface area contributed by atoms with Crippen LogP contribution in [0.15, 0.2) is 24.3 Å². The average molecular weight is 452 g/mol. The minimum atomic E-state index is -0.879. The smallest absolute Gasteiger partial charge is 0.220 e. The Morgan fingerprint density at radius 3 is 1.78 bits per heavy atom. The van der Waals surface area contributed by atoms with Gasteiger partial charge in [-0.2, -0.15) is 0 Å². The van der Waals surface area contributed by atoms with Gasteiger partial charge in [-0.05, 0) is 19.3 Å². The molecule has 0 aliphatic carbocycles. The van der Waals surface area contributed by atoms with E-state index < -0.39 is 12.1 Å². The molecule has 0 radical (unpaired) electrons. The number of carbonyl (C=O) groups is 1. The third kappa shape index (κ3) is 20.8. The predicted molar refractivity (Wildman–Crippen MR) is 138 cm³/mol. The van der Waals surface area contributed by atoms with E-state index in [1.54, 1.807) is 12.2 Å². The lowest BCUT2D eigenvalue weighted by Gasteiger charge is -2.19. The molecule has 3 N–H and O–H groups in total. The number of aliphatic hydroxyl groups excluding tert-OH is 2. The van der Waals surface area contributed by atoms with Crippen molar-refractivity contribution in [2.75, 3.05) is 6.61 Å². The van der Waals surface area contributed by atoms with Crippen molar-refractivity contribution in [3.05, 3.63) is 24.3 Å². The molecule has 2 atom stereocenters. The summed E-state index contributed by atoms with van der Waals surface area (Å²) in [7, 11) is 0. The molecule has 1 amide bonds. The highest BCUT2D eigenvalue weighted by atomic mass is 16.3. The topological polar surface area (TPSA) is 69.6 Å². The highest BCUT2D eigenvalue weighted by Gasteiger charge is 2.17. The first-order chi connectivity index (χ1) is 15.7. The summed E-state index contributed by atoms with van der Waals surface area (Å²) in [5.74, 6) is -0.0883. The molecular weight excluding hydrogens is 398 g/mol. The van der Waals surface area contributed by atoms with Crippen LogP contribution in [0.4, 0.5) is 0 Å². The second-order valence-corrected chi connectivity index (χ2v) is 9.15. The van der Waals surface area contributed by atoms with Gasteiger partial charge in [0.15, 0.2) is 0 Å². The standard InChI is InChI=1S/C28H53NO3/c1-3-5-7-9-11-13-15-17-19-21-23-27(31)26(25-30)29-28(32)24-22-20-18-16-14-12-10-8-6-4-2/h17,19,21,23,26-27,30-31H,3-16,18,20,22,24-25H2,1-2H3,(H,29,32)/b19-17+,23-21+/t26-,27+/m0/s1. The fraction of sp³-hybridized carbons (Fsp3) is 0.821. The summed E-state index contributed by atoms with van der Waals surface area (Å²) in [5, 5.41) is 22.5. The molecule has 32 heavy (non-hydrogen) atoms. The third-order valence-corrected chi connectivity index (χ3v) is 5.99. The maximum atomic E-state index is 12.1. The van der Waals surface area contributed by atoms with E-state index in [9.17, 15) is 15.0 Å². The monoisotopic (exact) mass is 451 g/mol. The van der Waals surface area contributed by atoms with Crippen LogP contribution in [0.5, 0.6) is 0 Å². The highest BCUT2D eigenvalue weighted by Crippen LogP contribution is 2.11. The number of aliphatic hydroxyl groups is 2. The number of allylic oxidation sites excluding steroid dienone is 3. The van der Waals surface area contributed by atoms with E-state index in [0.29, 0.717) is 6.42 Å². The summed E-state index contributed by atoms with van der Waals surface area (Å²) < 4.78 is 0. The van der Waals surface area contributed by atoms with E-state index in [1.165, 1.54) is 89.9 Å². The summed E-state index contributed by atoms with van der Waals surface area (Å²) in [4.78, 5) is 12.1. The first kappa shape index (κ1) is 30.9. The first-order valence-corrected chi connectivity index (χ1v) is 13.6. The van der Waals surface area contributed by atoms with Gasteiger partial charge in [0.2, 0.25) is 5.91 Å². The van der Waals surface area contributed by atoms with Crippen molar-refractivity contribution in [2.24, 2.45) is 0 Å². The Hall–Kier alpha value is -1.13. The zero-order valence-electron chi connectivity index (χ0n) is 21.2. The molecule has 0 unspecified atom stereocenters. The molecule has 0 aromatic rings. The Balaban J connectivity index is 3.81. The van der Waals surface area contributed by atoms with E-state index in [2.05, 4.69) is 25.2 Å². The van der Waals surface area contributed by atoms with Crippen molar-refractivity contribution >= 4 is 5.91 Å². The van der Waals surface area contributed by atoms with Crippen LogP contribution in [-0.4, -0.2) is 34.9 Å². The molecule has 0 rings (SSSR count). The van der Waals surface area contributed by atoms with Gasteiger partial charge < -0.3 is 15.5 Å². The quantitative estimate of drug-likeness (QED) is 0.116. The van der Waals surface area contributed by atoms with Gasteiger partial charge in [-0.15, -0.1) is 0 Å². The highest BCUT2D eigenvalue weighted by molar-refractivity contribution is 5.76. The fourth-order valence-electron chi connectivity index (χ4n) is 3.82. The molecule has 0 fully saturated rings. The summed E-state index contributed by atoms with van der Waals surface area (Å²) in [5.41, 5.74) is 0. The molecule has 4 heteroatoms. The lowest BCUT2D eigenvalue weighted by atomic mass is 10.1. The van der Waals surface area contributed by atoms with Crippen molar-refractivity contribution in [1.82, 2.24) is 5.32 Å². The molecule has 4 nitrogen and oxygen atoms in total. The van der Waals surface area contributed by atoms with Crippen molar-refractivity contribution in [3.63, 3.8) is 0 Å². The Bertz CT molecular complexity index is 462. The molecule has 0 aliphatic heterocycles. The molecule has 0 aromatic carbocycles. The normalized spacial score (nSPS) is 13.8. The van der Waals surface area contributed by atoms with Crippen molar-refractivity contribution < 1.29 is 15.0 Å². The second-order valence-electron chi connectivity index (χ2n) is 9.15. The molecule has 188 valence electrons. The van der Waals surface area contributed by atoms with Crippen molar-refractivity contribution in [3.8, 4) is 0 Å². The number of hydrogen-bond acceptors (Lipinski definition) is 3. The van der Waals surface area contributed by atoms with Crippen LogP contribution in [0.25, 0.3) is 0 Å². The first-order valence-electron chi connectivity index (χ1n) is 13.6. The van der Waals surface area contributed by atoms with Crippen LogP contribution in [0.1, 0.15) is 129 Å². The molecular formula is C28H53NO3. The van der Waals surface area contributed by atoms with Crippen LogP contribution in [0.2, 0.25) is 0 Å². The molecule has 0 aliphatic rings. The number of amides is 1. The second kappa shape index (κ2) is 24.5. The Morgan fingerprint density at radius 2 is 1.25 bits per heavy atom. The zero-order valence-corrected chi connectivity index (χ0v) is 21.2. The molecule has 0 saturated heterocycles. The SMILES string of the molecule is CCCCCCCC/C=C/C=C/[C@@H](O)[C@H](CO)NC(=O)CCCCCCCCCCCC. The summed E-state index contributed by atoms with van der Waals surface area (Å²) in [6.45, 7) is 4.21. The van der Waals surface area contributed by atoms with E-state index in [0.717, 1.165) is 19.3 Å². The Labute approximate surface area is 199 Å². The van der Waals surface area contributed by atoms with E-state index >= 15 is 0 Å². The lowest BCUT2D eigenvalue weighted by molar-refractivity contribution is -0.123. The molecule has 0 spiro atoms. The molecule has 0 heterocycles. The van der Waals surface area contributed by atoms with Gasteiger partial charge in [0.1, 0.15) is 0 Å². The minimum Gasteiger partial charge on any atom is -0.394 e. The average Bonchev–Trinajstić information content (AvgIpc) is 2.79. The Kier molecular flexibility index (Phi) is 23.6. The van der Waals surface area contributed by atoms with Gasteiger partial charge in [0, 0.05) is 6.42 Å². The van der Waals surface area contributed by atoms with Crippen LogP contribution >= 0.6 is 0 Å². The van der Waals surface area contributed by atoms with E-state index in [1.807, 2.05) is 6.08 Å². The number of hydrogen-bond donors (Lipinski definition) is 3. The van der Waals surface area contributed by atoms with Crippen molar-refractivity contribution in [1.29, 1.82) is 0 Å². The van der Waals surface area contributed by atoms with Crippen LogP contribution < -0.4 is 5.32 Å². The molecule has 0 bridgehead atoms. The van der Waals surface area contributed by atoms with Gasteiger partial charge >= 0.3 is 0 Å². The summed E-state index contributed by atoms with van der Waals surface area (Å²) in [6.07, 6.45) is 28.2. The van der Waals surface area contributed by atoms with Crippen LogP contribution in [-0.2, 0) is 4.79 Å². The molecule has 0 aromatic heterocycles. The van der Waals surface area contributed by atoms with Gasteiger partial charge in [0.25, 0.3) is 0 Å². The van der Waals surface area contributed by atoms with Gasteiger partial charge in [-0.25, -0.2) is 0 Å². The third-order valence-electron chi connectivity index (χ3n) is 5.99. The van der Waals surface area contributed by atoms with Crippen LogP contribution in [0.3, 0.4) is 0 Å². The fourth-order valence-corrected chi connectivity index (χ4v) is 3.82. The number of carbonyl (C=O) groups excluding carboxylic acids is 1. The van der Waals surface area contributed by atoms with Gasteiger partial charge in [-0.3, -0.25) is 4.79 Å². The number of rotatable bonds is 23. The summed E-state index contributed by atoms with van der Waals surface area (Å²) >= 11 is 0. The largest absolute Gasteiger partial charge is 0.394 e. The maximum absolute atomic E-state index is 12.1. The summed E-state index contributed by atoms with van der Waals surface area (Å²) in [6, 6.07) is -0.645. The lowest BCUT2D eigenvalue weighted by Crippen LogP contribution is -2.45. The van der Waals surface area contributed by atoms with Gasteiger partial charge in [-0.1, -0.05) is 128 Å². The predicted octanol–water partition coefficient (Wildman–Crippen LogP) is 7.00. The number of unbranched alkanes of at least 4 members (excludes halogenated alkanes) is 15. The van der Waals surface area contributed by atoms with Crippen LogP contribution in [0, 0.1) is 0 Å². The maximum Gasteiger partial charge on any atom is 0.220 e. The minimum absolute atomic E-state index is 0.0883. The van der Waals surface area contributed by atoms with E-state index in [4.69, 9.17) is 0 Å². The zero-order chi connectivity index (χ0) is 23.7. The van der Waals surface area contributed by atoms with Gasteiger partial charge in [0.05, 0.1) is 18.8 Å². The van der Waals surface area contributed by atoms with E-state index in [-0.39, 0.29) is 12.5 Å². The Morgan fingerprint density at radius 1 is 0.750 bits per heavy atom. The number of nitrogens with one attached hydrogen (secondary N) is 1.